The number of benzene rings is 2. The molecule has 1 aliphatic heterocycles. The first-order chi connectivity index (χ1) is 13.4. The molecule has 0 amide bonds. The summed E-state index contributed by atoms with van der Waals surface area (Å²) in [6.45, 7) is 2.94. The molecule has 4 nitrogen and oxygen atoms in total. The quantitative estimate of drug-likeness (QED) is 0.697. The second-order valence-electron chi connectivity index (χ2n) is 6.66. The highest BCUT2D eigenvalue weighted by Crippen LogP contribution is 2.28. The number of nitrogens with zero attached hydrogens (tertiary/aromatic N) is 2. The zero-order valence-electron chi connectivity index (χ0n) is 15.5. The van der Waals surface area contributed by atoms with Crippen LogP contribution in [0.15, 0.2) is 42.5 Å². The molecule has 28 heavy (non-hydrogen) atoms. The maximum Gasteiger partial charge on any atom is 0.387 e. The molecule has 150 valence electrons. The summed E-state index contributed by atoms with van der Waals surface area (Å²) in [5.74, 6) is 0.0836. The number of nitrogens with one attached hydrogen (secondary N) is 1. The van der Waals surface area contributed by atoms with Crippen LogP contribution >= 0.6 is 23.8 Å². The van der Waals surface area contributed by atoms with Crippen LogP contribution in [-0.4, -0.2) is 47.7 Å². The molecule has 1 aliphatic rings. The van der Waals surface area contributed by atoms with Gasteiger partial charge in [0.1, 0.15) is 5.75 Å². The van der Waals surface area contributed by atoms with E-state index in [4.69, 9.17) is 23.8 Å². The van der Waals surface area contributed by atoms with Gasteiger partial charge in [0.25, 0.3) is 0 Å². The van der Waals surface area contributed by atoms with E-state index in [1.54, 1.807) is 12.1 Å². The van der Waals surface area contributed by atoms with Crippen molar-refractivity contribution in [3.63, 3.8) is 0 Å². The molecule has 0 aliphatic carbocycles. The lowest BCUT2D eigenvalue weighted by molar-refractivity contribution is -0.0493. The van der Waals surface area contributed by atoms with Gasteiger partial charge in [-0.15, -0.1) is 0 Å². The minimum atomic E-state index is -2.88. The first kappa shape index (κ1) is 20.8. The van der Waals surface area contributed by atoms with Gasteiger partial charge in [0.15, 0.2) is 5.11 Å². The molecule has 1 saturated heterocycles. The fourth-order valence-electron chi connectivity index (χ4n) is 3.11. The Morgan fingerprint density at radius 1 is 1.18 bits per heavy atom. The zero-order valence-corrected chi connectivity index (χ0v) is 17.1. The average molecular weight is 426 g/mol. The van der Waals surface area contributed by atoms with Crippen molar-refractivity contribution in [1.82, 2.24) is 9.80 Å². The summed E-state index contributed by atoms with van der Waals surface area (Å²) >= 11 is 11.7. The van der Waals surface area contributed by atoms with Gasteiger partial charge in [0.2, 0.25) is 0 Å². The maximum atomic E-state index is 12.6. The van der Waals surface area contributed by atoms with Gasteiger partial charge in [0.05, 0.1) is 5.69 Å². The van der Waals surface area contributed by atoms with E-state index in [2.05, 4.69) is 15.0 Å². The number of halogens is 3. The van der Waals surface area contributed by atoms with Crippen molar-refractivity contribution in [2.24, 2.45) is 0 Å². The molecule has 2 aromatic carbocycles. The van der Waals surface area contributed by atoms with E-state index in [1.807, 2.05) is 36.1 Å². The van der Waals surface area contributed by atoms with Crippen LogP contribution in [0.2, 0.25) is 5.02 Å². The number of thiocarbonyl (C=S) groups is 1. The highest BCUT2D eigenvalue weighted by molar-refractivity contribution is 7.80. The number of hydrogen-bond acceptors (Lipinski definition) is 3. The number of ether oxygens (including phenoxy) is 1. The number of piperazine rings is 1. The number of hydrogen-bond donors (Lipinski definition) is 1. The van der Waals surface area contributed by atoms with Gasteiger partial charge >= 0.3 is 6.61 Å². The van der Waals surface area contributed by atoms with Crippen molar-refractivity contribution in [2.75, 3.05) is 31.5 Å². The molecule has 3 rings (SSSR count). The van der Waals surface area contributed by atoms with Gasteiger partial charge in [-0.1, -0.05) is 35.9 Å². The fraction of sp³-hybridized carbons (Fsp3) is 0.350. The molecule has 8 heteroatoms. The van der Waals surface area contributed by atoms with Crippen molar-refractivity contribution in [3.8, 4) is 5.75 Å². The molecule has 0 saturated carbocycles. The minimum absolute atomic E-state index is 0.0836. The van der Waals surface area contributed by atoms with E-state index in [0.717, 1.165) is 48.9 Å². The summed E-state index contributed by atoms with van der Waals surface area (Å²) < 4.78 is 29.9. The summed E-state index contributed by atoms with van der Waals surface area (Å²) in [6.07, 6.45) is 0. The smallest absolute Gasteiger partial charge is 0.387 e. The lowest BCUT2D eigenvalue weighted by Crippen LogP contribution is -2.49. The van der Waals surface area contributed by atoms with E-state index in [0.29, 0.717) is 10.8 Å². The molecule has 0 aromatic heterocycles. The van der Waals surface area contributed by atoms with Crippen LogP contribution < -0.4 is 10.1 Å². The molecule has 0 radical (unpaired) electrons. The van der Waals surface area contributed by atoms with E-state index < -0.39 is 6.61 Å². The zero-order chi connectivity index (χ0) is 20.1. The lowest BCUT2D eigenvalue weighted by Gasteiger charge is -2.36. The first-order valence-corrected chi connectivity index (χ1v) is 9.78. The normalized spacial score (nSPS) is 15.0. The Kier molecular flexibility index (Phi) is 7.04. The maximum absolute atomic E-state index is 12.6. The average Bonchev–Trinajstić information content (AvgIpc) is 2.66. The van der Waals surface area contributed by atoms with E-state index in [1.165, 1.54) is 6.07 Å². The van der Waals surface area contributed by atoms with Gasteiger partial charge in [-0.05, 0) is 48.5 Å². The highest BCUT2D eigenvalue weighted by Gasteiger charge is 2.21. The Labute approximate surface area is 174 Å². The summed E-state index contributed by atoms with van der Waals surface area (Å²) in [5, 5.41) is 4.33. The second-order valence-corrected chi connectivity index (χ2v) is 7.46. The largest absolute Gasteiger partial charge is 0.433 e. The molecular formula is C20H22ClF2N3OS. The van der Waals surface area contributed by atoms with E-state index in [9.17, 15) is 8.78 Å². The van der Waals surface area contributed by atoms with Gasteiger partial charge < -0.3 is 15.0 Å². The molecule has 1 N–H and O–H groups in total. The van der Waals surface area contributed by atoms with Crippen molar-refractivity contribution in [3.05, 3.63) is 58.6 Å². The molecule has 1 fully saturated rings. The standard InChI is InChI=1S/C20H22ClF2N3OS/c1-14-6-7-18(27-19(22)23)17(12-14)24-20(28)26-10-8-25(9-11-26)13-15-4-2-3-5-16(15)21/h2-7,12,19H,8-11,13H2,1H3,(H,24,28). The van der Waals surface area contributed by atoms with Crippen LogP contribution in [0.5, 0.6) is 5.75 Å². The highest BCUT2D eigenvalue weighted by atomic mass is 35.5. The molecule has 0 bridgehead atoms. The number of anilines is 1. The molecule has 0 unspecified atom stereocenters. The Morgan fingerprint density at radius 3 is 2.57 bits per heavy atom. The SMILES string of the molecule is Cc1ccc(OC(F)F)c(NC(=S)N2CCN(Cc3ccccc3Cl)CC2)c1. The van der Waals surface area contributed by atoms with Crippen LogP contribution in [-0.2, 0) is 6.54 Å². The van der Waals surface area contributed by atoms with Crippen LogP contribution in [0.3, 0.4) is 0 Å². The topological polar surface area (TPSA) is 27.7 Å². The van der Waals surface area contributed by atoms with Crippen molar-refractivity contribution >= 4 is 34.6 Å². The minimum Gasteiger partial charge on any atom is -0.433 e. The summed E-state index contributed by atoms with van der Waals surface area (Å²) in [5.41, 5.74) is 2.48. The molecule has 0 spiro atoms. The third-order valence-corrected chi connectivity index (χ3v) is 5.33. The van der Waals surface area contributed by atoms with Crippen molar-refractivity contribution < 1.29 is 13.5 Å². The Bertz CT molecular complexity index is 829. The third kappa shape index (κ3) is 5.53. The Balaban J connectivity index is 1.57. The van der Waals surface area contributed by atoms with Gasteiger partial charge in [-0.3, -0.25) is 4.90 Å². The Hall–Kier alpha value is -1.96. The summed E-state index contributed by atoms with van der Waals surface area (Å²) in [6, 6.07) is 12.8. The summed E-state index contributed by atoms with van der Waals surface area (Å²) in [7, 11) is 0. The predicted octanol–water partition coefficient (Wildman–Crippen LogP) is 4.76. The monoisotopic (exact) mass is 425 g/mol. The second kappa shape index (κ2) is 9.49. The van der Waals surface area contributed by atoms with Gasteiger partial charge in [0, 0.05) is 37.7 Å². The van der Waals surface area contributed by atoms with Crippen molar-refractivity contribution in [1.29, 1.82) is 0 Å². The predicted molar refractivity (Wildman–Crippen MR) is 112 cm³/mol. The van der Waals surface area contributed by atoms with Gasteiger partial charge in [-0.2, -0.15) is 8.78 Å². The van der Waals surface area contributed by atoms with E-state index >= 15 is 0 Å². The number of rotatable bonds is 5. The third-order valence-electron chi connectivity index (χ3n) is 4.60. The van der Waals surface area contributed by atoms with Gasteiger partial charge in [-0.25, -0.2) is 0 Å². The first-order valence-electron chi connectivity index (χ1n) is 8.99. The number of alkyl halides is 2. The fourth-order valence-corrected chi connectivity index (χ4v) is 3.60. The lowest BCUT2D eigenvalue weighted by atomic mass is 10.2. The number of aryl methyl sites for hydroxylation is 1. The Morgan fingerprint density at radius 2 is 1.89 bits per heavy atom. The van der Waals surface area contributed by atoms with Crippen LogP contribution in [0.1, 0.15) is 11.1 Å². The molecule has 2 aromatic rings. The van der Waals surface area contributed by atoms with Crippen LogP contribution in [0, 0.1) is 6.92 Å². The molecule has 0 atom stereocenters. The van der Waals surface area contributed by atoms with E-state index in [-0.39, 0.29) is 5.75 Å². The van der Waals surface area contributed by atoms with Crippen molar-refractivity contribution in [2.45, 2.75) is 20.1 Å². The molecular weight excluding hydrogens is 404 g/mol. The molecule has 1 heterocycles. The van der Waals surface area contributed by atoms with Crippen LogP contribution in [0.25, 0.3) is 0 Å². The van der Waals surface area contributed by atoms with Crippen LogP contribution in [0.4, 0.5) is 14.5 Å². The summed E-state index contributed by atoms with van der Waals surface area (Å²) in [4.78, 5) is 4.35.